The molecule has 2 heterocycles. The Hall–Kier alpha value is -1.45. The fourth-order valence-corrected chi connectivity index (χ4v) is 3.67. The maximum Gasteiger partial charge on any atom is 0.305 e. The van der Waals surface area contributed by atoms with Gasteiger partial charge in [0.1, 0.15) is 4.90 Å². The minimum absolute atomic E-state index is 0.0746. The molecule has 0 atom stereocenters. The zero-order valence-corrected chi connectivity index (χ0v) is 12.8. The second-order valence-corrected chi connectivity index (χ2v) is 7.47. The lowest BCUT2D eigenvalue weighted by atomic mass is 10.1. The van der Waals surface area contributed by atoms with Crippen LogP contribution in [0.3, 0.4) is 0 Å². The van der Waals surface area contributed by atoms with Crippen molar-refractivity contribution in [1.82, 2.24) is 14.1 Å². The van der Waals surface area contributed by atoms with Crippen LogP contribution in [0.1, 0.15) is 20.3 Å². The van der Waals surface area contributed by atoms with E-state index in [0.29, 0.717) is 13.2 Å². The van der Waals surface area contributed by atoms with Gasteiger partial charge in [0, 0.05) is 19.3 Å². The molecule has 0 aromatic carbocycles. The molecule has 0 radical (unpaired) electrons. The molecule has 0 saturated carbocycles. The quantitative estimate of drug-likeness (QED) is 0.830. The van der Waals surface area contributed by atoms with Crippen LogP contribution in [0.5, 0.6) is 0 Å². The van der Waals surface area contributed by atoms with Gasteiger partial charge in [-0.05, 0) is 13.8 Å². The lowest BCUT2D eigenvalue weighted by molar-refractivity contribution is -0.137. The molecular weight excluding hydrogens is 298 g/mol. The highest BCUT2D eigenvalue weighted by molar-refractivity contribution is 7.89. The second kappa shape index (κ2) is 5.74. The standard InChI is InChI=1S/C12H19N3O5S/c1-12(2)9-15(5-6-20-12)21(18,19)10-7-13-14(8-10)4-3-11(16)17/h7-8H,3-6,9H2,1-2H3,(H,16,17). The predicted molar refractivity (Wildman–Crippen MR) is 73.3 cm³/mol. The molecule has 1 aromatic heterocycles. The van der Waals surface area contributed by atoms with Crippen molar-refractivity contribution in [2.75, 3.05) is 19.7 Å². The number of nitrogens with zero attached hydrogens (tertiary/aromatic N) is 3. The second-order valence-electron chi connectivity index (χ2n) is 5.53. The molecule has 1 aromatic rings. The number of ether oxygens (including phenoxy) is 1. The molecule has 9 heteroatoms. The fourth-order valence-electron chi connectivity index (χ4n) is 2.14. The monoisotopic (exact) mass is 317 g/mol. The Kier molecular flexibility index (Phi) is 4.35. The van der Waals surface area contributed by atoms with Gasteiger partial charge in [0.25, 0.3) is 0 Å². The molecule has 0 amide bonds. The average Bonchev–Trinajstić information content (AvgIpc) is 2.84. The molecule has 0 unspecified atom stereocenters. The minimum Gasteiger partial charge on any atom is -0.481 e. The number of aliphatic carboxylic acids is 1. The molecule has 1 saturated heterocycles. The van der Waals surface area contributed by atoms with Crippen molar-refractivity contribution >= 4 is 16.0 Å². The number of rotatable bonds is 5. The van der Waals surface area contributed by atoms with Crippen LogP contribution in [0.25, 0.3) is 0 Å². The molecule has 1 aliphatic heterocycles. The van der Waals surface area contributed by atoms with Gasteiger partial charge in [-0.3, -0.25) is 9.48 Å². The van der Waals surface area contributed by atoms with Crippen molar-refractivity contribution in [3.63, 3.8) is 0 Å². The van der Waals surface area contributed by atoms with E-state index < -0.39 is 21.6 Å². The Morgan fingerprint density at radius 2 is 2.24 bits per heavy atom. The lowest BCUT2D eigenvalue weighted by Gasteiger charge is -2.37. The Balaban J connectivity index is 2.14. The number of sulfonamides is 1. The van der Waals surface area contributed by atoms with Crippen LogP contribution >= 0.6 is 0 Å². The smallest absolute Gasteiger partial charge is 0.305 e. The van der Waals surface area contributed by atoms with Crippen molar-refractivity contribution in [3.05, 3.63) is 12.4 Å². The van der Waals surface area contributed by atoms with Crippen LogP contribution in [0.2, 0.25) is 0 Å². The van der Waals surface area contributed by atoms with Crippen molar-refractivity contribution in [1.29, 1.82) is 0 Å². The van der Waals surface area contributed by atoms with E-state index in [1.54, 1.807) is 0 Å². The number of aryl methyl sites for hydroxylation is 1. The first kappa shape index (κ1) is 15.9. The molecule has 1 fully saturated rings. The molecule has 2 rings (SSSR count). The molecule has 1 aliphatic rings. The summed E-state index contributed by atoms with van der Waals surface area (Å²) in [6.45, 7) is 4.73. The molecule has 0 spiro atoms. The van der Waals surface area contributed by atoms with E-state index in [1.807, 2.05) is 13.8 Å². The summed E-state index contributed by atoms with van der Waals surface area (Å²) in [6.07, 6.45) is 2.51. The van der Waals surface area contributed by atoms with Crippen molar-refractivity contribution in [2.45, 2.75) is 37.3 Å². The van der Waals surface area contributed by atoms with Gasteiger partial charge in [0.15, 0.2) is 0 Å². The number of carboxylic acid groups (broad SMARTS) is 1. The highest BCUT2D eigenvalue weighted by Gasteiger charge is 2.35. The molecule has 21 heavy (non-hydrogen) atoms. The van der Waals surface area contributed by atoms with E-state index in [4.69, 9.17) is 9.84 Å². The van der Waals surface area contributed by atoms with E-state index in [2.05, 4.69) is 5.10 Å². The summed E-state index contributed by atoms with van der Waals surface area (Å²) in [4.78, 5) is 10.6. The number of aromatic nitrogens is 2. The van der Waals surface area contributed by atoms with Crippen LogP contribution in [0.15, 0.2) is 17.3 Å². The summed E-state index contributed by atoms with van der Waals surface area (Å²) in [5, 5.41) is 12.5. The Bertz CT molecular complexity index is 623. The lowest BCUT2D eigenvalue weighted by Crippen LogP contribution is -2.50. The number of carboxylic acids is 1. The molecular formula is C12H19N3O5S. The van der Waals surface area contributed by atoms with Gasteiger partial charge >= 0.3 is 5.97 Å². The zero-order chi connectivity index (χ0) is 15.7. The number of carbonyl (C=O) groups is 1. The minimum atomic E-state index is -3.63. The summed E-state index contributed by atoms with van der Waals surface area (Å²) in [7, 11) is -3.63. The molecule has 118 valence electrons. The van der Waals surface area contributed by atoms with Gasteiger partial charge in [-0.1, -0.05) is 0 Å². The maximum atomic E-state index is 12.5. The van der Waals surface area contributed by atoms with Crippen molar-refractivity contribution in [3.8, 4) is 0 Å². The van der Waals surface area contributed by atoms with Crippen molar-refractivity contribution in [2.24, 2.45) is 0 Å². The summed E-state index contributed by atoms with van der Waals surface area (Å²) >= 11 is 0. The Morgan fingerprint density at radius 1 is 1.52 bits per heavy atom. The Morgan fingerprint density at radius 3 is 2.86 bits per heavy atom. The largest absolute Gasteiger partial charge is 0.481 e. The average molecular weight is 317 g/mol. The third-order valence-corrected chi connectivity index (χ3v) is 4.99. The summed E-state index contributed by atoms with van der Waals surface area (Å²) in [6, 6.07) is 0. The fraction of sp³-hybridized carbons (Fsp3) is 0.667. The van der Waals surface area contributed by atoms with E-state index >= 15 is 0 Å². The van der Waals surface area contributed by atoms with Gasteiger partial charge in [0.05, 0.1) is 31.4 Å². The topological polar surface area (TPSA) is 102 Å². The van der Waals surface area contributed by atoms with Gasteiger partial charge in [-0.25, -0.2) is 8.42 Å². The summed E-state index contributed by atoms with van der Waals surface area (Å²) < 4.78 is 33.3. The van der Waals surface area contributed by atoms with Crippen LogP contribution < -0.4 is 0 Å². The summed E-state index contributed by atoms with van der Waals surface area (Å²) in [5.41, 5.74) is -0.523. The maximum absolute atomic E-state index is 12.5. The third-order valence-electron chi connectivity index (χ3n) is 3.19. The van der Waals surface area contributed by atoms with Gasteiger partial charge in [-0.15, -0.1) is 0 Å². The van der Waals surface area contributed by atoms with E-state index in [9.17, 15) is 13.2 Å². The third kappa shape index (κ3) is 3.80. The number of hydrogen-bond donors (Lipinski definition) is 1. The predicted octanol–water partition coefficient (Wildman–Crippen LogP) is 0.157. The number of morpholine rings is 1. The van der Waals surface area contributed by atoms with Crippen LogP contribution in [-0.4, -0.2) is 58.9 Å². The van der Waals surface area contributed by atoms with E-state index in [1.165, 1.54) is 21.4 Å². The van der Waals surface area contributed by atoms with Crippen molar-refractivity contribution < 1.29 is 23.1 Å². The van der Waals surface area contributed by atoms with Crippen LogP contribution in [0, 0.1) is 0 Å². The number of hydrogen-bond acceptors (Lipinski definition) is 5. The van der Waals surface area contributed by atoms with Gasteiger partial charge < -0.3 is 9.84 Å². The van der Waals surface area contributed by atoms with Crippen LogP contribution in [0.4, 0.5) is 0 Å². The zero-order valence-electron chi connectivity index (χ0n) is 12.0. The van der Waals surface area contributed by atoms with E-state index in [-0.39, 0.29) is 24.4 Å². The highest BCUT2D eigenvalue weighted by atomic mass is 32.2. The van der Waals surface area contributed by atoms with Crippen LogP contribution in [-0.2, 0) is 26.1 Å². The van der Waals surface area contributed by atoms with Gasteiger partial charge in [0.2, 0.25) is 10.0 Å². The molecule has 8 nitrogen and oxygen atoms in total. The Labute approximate surface area is 123 Å². The SMILES string of the molecule is CC1(C)CN(S(=O)(=O)c2cnn(CCC(=O)O)c2)CCO1. The van der Waals surface area contributed by atoms with E-state index in [0.717, 1.165) is 0 Å². The first-order valence-electron chi connectivity index (χ1n) is 6.59. The molecule has 1 N–H and O–H groups in total. The first-order chi connectivity index (χ1) is 9.71. The normalized spacial score (nSPS) is 19.5. The van der Waals surface area contributed by atoms with Gasteiger partial charge in [-0.2, -0.15) is 9.40 Å². The summed E-state index contributed by atoms with van der Waals surface area (Å²) in [5.74, 6) is -0.954. The molecule has 0 bridgehead atoms. The molecule has 0 aliphatic carbocycles. The highest BCUT2D eigenvalue weighted by Crippen LogP contribution is 2.23. The first-order valence-corrected chi connectivity index (χ1v) is 8.03.